The number of benzene rings is 1. The molecule has 0 saturated heterocycles. The fourth-order valence-corrected chi connectivity index (χ4v) is 1.55. The molecule has 1 aromatic rings. The quantitative estimate of drug-likeness (QED) is 0.863. The van der Waals surface area contributed by atoms with Crippen LogP contribution in [0.3, 0.4) is 0 Å². The second-order valence-electron chi connectivity index (χ2n) is 3.91. The number of halogens is 3. The van der Waals surface area contributed by atoms with E-state index in [0.717, 1.165) is 5.56 Å². The molecule has 1 N–H and O–H groups in total. The normalized spacial score (nSPS) is 13.5. The summed E-state index contributed by atoms with van der Waals surface area (Å²) in [4.78, 5) is 0. The van der Waals surface area contributed by atoms with Crippen molar-refractivity contribution in [3.63, 3.8) is 0 Å². The maximum Gasteiger partial charge on any atom is 0.390 e. The number of hydrogen-bond donors (Lipinski definition) is 1. The lowest BCUT2D eigenvalue weighted by molar-refractivity contribution is -0.139. The third-order valence-corrected chi connectivity index (χ3v) is 2.37. The number of rotatable bonds is 5. The molecule has 0 spiro atoms. The van der Waals surface area contributed by atoms with Crippen LogP contribution in [0.25, 0.3) is 0 Å². The van der Waals surface area contributed by atoms with Crippen LogP contribution in [0, 0.1) is 0 Å². The molecule has 0 radical (unpaired) electrons. The highest BCUT2D eigenvalue weighted by molar-refractivity contribution is 5.32. The fourth-order valence-electron chi connectivity index (χ4n) is 1.55. The van der Waals surface area contributed by atoms with E-state index in [1.54, 1.807) is 6.07 Å². The second-order valence-corrected chi connectivity index (χ2v) is 3.91. The Bertz CT molecular complexity index is 352. The van der Waals surface area contributed by atoms with Crippen LogP contribution in [0.15, 0.2) is 24.3 Å². The maximum atomic E-state index is 12.1. The van der Waals surface area contributed by atoms with Gasteiger partial charge in [0.25, 0.3) is 0 Å². The van der Waals surface area contributed by atoms with Crippen molar-refractivity contribution in [1.29, 1.82) is 0 Å². The molecule has 1 rings (SSSR count). The molecule has 1 atom stereocenters. The average Bonchev–Trinajstić information content (AvgIpc) is 2.24. The van der Waals surface area contributed by atoms with E-state index in [1.807, 2.05) is 18.2 Å². The Morgan fingerprint density at radius 1 is 1.29 bits per heavy atom. The number of methoxy groups -OCH3 is 1. The van der Waals surface area contributed by atoms with Gasteiger partial charge in [-0.05, 0) is 13.0 Å². The first-order valence-electron chi connectivity index (χ1n) is 5.34. The molecular weight excluding hydrogens is 231 g/mol. The summed E-state index contributed by atoms with van der Waals surface area (Å²) in [5, 5.41) is 2.83. The molecule has 2 nitrogen and oxygen atoms in total. The van der Waals surface area contributed by atoms with Crippen LogP contribution >= 0.6 is 0 Å². The van der Waals surface area contributed by atoms with Gasteiger partial charge < -0.3 is 10.1 Å². The molecule has 1 aromatic carbocycles. The second kappa shape index (κ2) is 5.91. The summed E-state index contributed by atoms with van der Waals surface area (Å²) < 4.78 is 41.5. The summed E-state index contributed by atoms with van der Waals surface area (Å²) in [7, 11) is 1.54. The summed E-state index contributed by atoms with van der Waals surface area (Å²) in [6.45, 7) is 1.88. The topological polar surface area (TPSA) is 21.3 Å². The smallest absolute Gasteiger partial charge is 0.390 e. The van der Waals surface area contributed by atoms with Crippen LogP contribution in [0.1, 0.15) is 18.9 Å². The van der Waals surface area contributed by atoms with Gasteiger partial charge in [-0.2, -0.15) is 13.2 Å². The molecule has 0 heterocycles. The van der Waals surface area contributed by atoms with Gasteiger partial charge in [-0.3, -0.25) is 0 Å². The predicted molar refractivity (Wildman–Crippen MR) is 60.0 cm³/mol. The van der Waals surface area contributed by atoms with Crippen molar-refractivity contribution in [3.8, 4) is 5.75 Å². The first kappa shape index (κ1) is 13.8. The highest BCUT2D eigenvalue weighted by Crippen LogP contribution is 2.22. The minimum Gasteiger partial charge on any atom is -0.496 e. The van der Waals surface area contributed by atoms with Crippen LogP contribution in [0.4, 0.5) is 13.2 Å². The van der Waals surface area contributed by atoms with E-state index in [0.29, 0.717) is 12.3 Å². The number of hydrogen-bond acceptors (Lipinski definition) is 2. The van der Waals surface area contributed by atoms with Crippen molar-refractivity contribution >= 4 is 0 Å². The molecule has 17 heavy (non-hydrogen) atoms. The Labute approximate surface area is 98.8 Å². The molecule has 0 aromatic heterocycles. The van der Waals surface area contributed by atoms with Gasteiger partial charge in [0, 0.05) is 18.2 Å². The lowest BCUT2D eigenvalue weighted by Crippen LogP contribution is -2.30. The van der Waals surface area contributed by atoms with Crippen molar-refractivity contribution < 1.29 is 17.9 Å². The summed E-state index contributed by atoms with van der Waals surface area (Å²) in [6, 6.07) is 6.65. The van der Waals surface area contributed by atoms with Crippen LogP contribution in [-0.2, 0) is 6.54 Å². The van der Waals surface area contributed by atoms with Gasteiger partial charge in [0.2, 0.25) is 0 Å². The minimum atomic E-state index is -4.13. The standard InChI is InChI=1S/C12H16F3NO/c1-9(7-12(13,14)15)16-8-10-5-3-4-6-11(10)17-2/h3-6,9,16H,7-8H2,1-2H3. The third kappa shape index (κ3) is 5.08. The number of para-hydroxylation sites is 1. The minimum absolute atomic E-state index is 0.362. The summed E-state index contributed by atoms with van der Waals surface area (Å²) >= 11 is 0. The molecule has 0 fully saturated rings. The van der Waals surface area contributed by atoms with Crippen LogP contribution < -0.4 is 10.1 Å². The predicted octanol–water partition coefficient (Wildman–Crippen LogP) is 3.13. The monoisotopic (exact) mass is 247 g/mol. The Kier molecular flexibility index (Phi) is 4.81. The molecule has 0 aliphatic heterocycles. The highest BCUT2D eigenvalue weighted by atomic mass is 19.4. The molecule has 0 aliphatic rings. The van der Waals surface area contributed by atoms with Crippen LogP contribution in [-0.4, -0.2) is 19.3 Å². The van der Waals surface area contributed by atoms with Gasteiger partial charge in [0.15, 0.2) is 0 Å². The van der Waals surface area contributed by atoms with Crippen molar-refractivity contribution in [1.82, 2.24) is 5.32 Å². The molecule has 0 aliphatic carbocycles. The van der Waals surface area contributed by atoms with Gasteiger partial charge in [0.05, 0.1) is 13.5 Å². The third-order valence-electron chi connectivity index (χ3n) is 2.37. The fraction of sp³-hybridized carbons (Fsp3) is 0.500. The molecule has 0 bridgehead atoms. The summed E-state index contributed by atoms with van der Waals surface area (Å²) in [5.41, 5.74) is 0.851. The van der Waals surface area contributed by atoms with Gasteiger partial charge in [-0.25, -0.2) is 0 Å². The molecule has 0 saturated carbocycles. The Balaban J connectivity index is 2.50. The maximum absolute atomic E-state index is 12.1. The number of nitrogens with one attached hydrogen (secondary N) is 1. The van der Waals surface area contributed by atoms with E-state index in [1.165, 1.54) is 14.0 Å². The molecule has 96 valence electrons. The lowest BCUT2D eigenvalue weighted by Gasteiger charge is -2.16. The zero-order valence-electron chi connectivity index (χ0n) is 9.84. The molecular formula is C12H16F3NO. The van der Waals surface area contributed by atoms with Crippen molar-refractivity contribution in [3.05, 3.63) is 29.8 Å². The van der Waals surface area contributed by atoms with E-state index in [2.05, 4.69) is 5.32 Å². The zero-order valence-corrected chi connectivity index (χ0v) is 9.84. The average molecular weight is 247 g/mol. The van der Waals surface area contributed by atoms with Gasteiger partial charge in [-0.15, -0.1) is 0 Å². The van der Waals surface area contributed by atoms with E-state index in [4.69, 9.17) is 4.74 Å². The van der Waals surface area contributed by atoms with Crippen LogP contribution in [0.2, 0.25) is 0 Å². The van der Waals surface area contributed by atoms with Crippen LogP contribution in [0.5, 0.6) is 5.75 Å². The largest absolute Gasteiger partial charge is 0.496 e. The summed E-state index contributed by atoms with van der Waals surface area (Å²) in [5.74, 6) is 0.680. The first-order chi connectivity index (χ1) is 7.92. The van der Waals surface area contributed by atoms with Gasteiger partial charge in [0.1, 0.15) is 5.75 Å². The molecule has 0 amide bonds. The molecule has 5 heteroatoms. The molecule has 1 unspecified atom stereocenters. The Morgan fingerprint density at radius 2 is 1.94 bits per heavy atom. The first-order valence-corrected chi connectivity index (χ1v) is 5.34. The number of alkyl halides is 3. The zero-order chi connectivity index (χ0) is 12.9. The van der Waals surface area contributed by atoms with Crippen molar-refractivity contribution in [2.75, 3.05) is 7.11 Å². The number of ether oxygens (including phenoxy) is 1. The van der Waals surface area contributed by atoms with E-state index >= 15 is 0 Å². The van der Waals surface area contributed by atoms with Crippen molar-refractivity contribution in [2.45, 2.75) is 32.1 Å². The SMILES string of the molecule is COc1ccccc1CNC(C)CC(F)(F)F. The Hall–Kier alpha value is -1.23. The lowest BCUT2D eigenvalue weighted by atomic mass is 10.1. The highest BCUT2D eigenvalue weighted by Gasteiger charge is 2.29. The van der Waals surface area contributed by atoms with Crippen molar-refractivity contribution in [2.24, 2.45) is 0 Å². The van der Waals surface area contributed by atoms with E-state index in [-0.39, 0.29) is 0 Å². The van der Waals surface area contributed by atoms with E-state index < -0.39 is 18.6 Å². The Morgan fingerprint density at radius 3 is 2.53 bits per heavy atom. The van der Waals surface area contributed by atoms with Gasteiger partial charge in [-0.1, -0.05) is 18.2 Å². The van der Waals surface area contributed by atoms with E-state index in [9.17, 15) is 13.2 Å². The van der Waals surface area contributed by atoms with Gasteiger partial charge >= 0.3 is 6.18 Å². The summed E-state index contributed by atoms with van der Waals surface area (Å²) in [6.07, 6.45) is -4.96.